The molecule has 2 aromatic rings. The summed E-state index contributed by atoms with van der Waals surface area (Å²) in [6.07, 6.45) is 3.60. The van der Waals surface area contributed by atoms with Crippen LogP contribution in [0.3, 0.4) is 0 Å². The number of hydrogen-bond acceptors (Lipinski definition) is 4. The summed E-state index contributed by atoms with van der Waals surface area (Å²) in [5.41, 5.74) is 7.95. The topological polar surface area (TPSA) is 51.8 Å². The highest BCUT2D eigenvalue weighted by Gasteiger charge is 2.23. The first-order valence-corrected chi connectivity index (χ1v) is 7.34. The lowest BCUT2D eigenvalue weighted by atomic mass is 9.91. The Labute approximate surface area is 120 Å². The molecule has 2 heterocycles. The first-order chi connectivity index (χ1) is 8.41. The van der Waals surface area contributed by atoms with Crippen molar-refractivity contribution in [1.82, 2.24) is 9.97 Å². The van der Waals surface area contributed by atoms with Gasteiger partial charge in [0, 0.05) is 39.3 Å². The van der Waals surface area contributed by atoms with E-state index in [1.54, 1.807) is 17.5 Å². The van der Waals surface area contributed by atoms with E-state index in [4.69, 9.17) is 10.7 Å². The Kier molecular flexibility index (Phi) is 3.84. The Hall–Kier alpha value is -0.780. The van der Waals surface area contributed by atoms with Crippen LogP contribution in [0.5, 0.6) is 0 Å². The molecule has 0 saturated heterocycles. The zero-order chi connectivity index (χ0) is 13.3. The Morgan fingerprint density at radius 2 is 2.06 bits per heavy atom. The molecule has 0 saturated carbocycles. The smallest absolute Gasteiger partial charge is 0.125 e. The molecule has 0 atom stereocenters. The SMILES string of the molecule is CC(C)(C)c1nc(-c2cncc(Br)c2)sc1CN. The van der Waals surface area contributed by atoms with Crippen molar-refractivity contribution >= 4 is 27.3 Å². The zero-order valence-corrected chi connectivity index (χ0v) is 13.1. The summed E-state index contributed by atoms with van der Waals surface area (Å²) in [5, 5.41) is 0.981. The van der Waals surface area contributed by atoms with Crippen LogP contribution >= 0.6 is 27.3 Å². The van der Waals surface area contributed by atoms with Crippen LogP contribution in [0.25, 0.3) is 10.6 Å². The molecule has 0 amide bonds. The van der Waals surface area contributed by atoms with Crippen molar-refractivity contribution in [2.24, 2.45) is 5.73 Å². The van der Waals surface area contributed by atoms with E-state index >= 15 is 0 Å². The van der Waals surface area contributed by atoms with Gasteiger partial charge in [0.05, 0.1) is 5.69 Å². The van der Waals surface area contributed by atoms with E-state index in [1.807, 2.05) is 12.3 Å². The summed E-state index contributed by atoms with van der Waals surface area (Å²) in [7, 11) is 0. The second-order valence-electron chi connectivity index (χ2n) is 5.14. The van der Waals surface area contributed by atoms with Crippen molar-refractivity contribution < 1.29 is 0 Å². The third-order valence-electron chi connectivity index (χ3n) is 2.54. The monoisotopic (exact) mass is 325 g/mol. The van der Waals surface area contributed by atoms with Crippen molar-refractivity contribution in [3.05, 3.63) is 33.5 Å². The first-order valence-electron chi connectivity index (χ1n) is 5.73. The summed E-state index contributed by atoms with van der Waals surface area (Å²) in [6.45, 7) is 7.00. The van der Waals surface area contributed by atoms with Crippen LogP contribution in [0.1, 0.15) is 31.3 Å². The molecule has 0 radical (unpaired) electrons. The van der Waals surface area contributed by atoms with Crippen LogP contribution in [0, 0.1) is 0 Å². The predicted molar refractivity (Wildman–Crippen MR) is 79.6 cm³/mol. The number of aromatic nitrogens is 2. The molecule has 0 unspecified atom stereocenters. The van der Waals surface area contributed by atoms with E-state index in [1.165, 1.54) is 0 Å². The van der Waals surface area contributed by atoms with Gasteiger partial charge in [-0.05, 0) is 22.0 Å². The molecule has 0 fully saturated rings. The molecule has 18 heavy (non-hydrogen) atoms. The molecule has 2 aromatic heterocycles. The molecule has 3 nitrogen and oxygen atoms in total. The fourth-order valence-electron chi connectivity index (χ4n) is 1.73. The summed E-state index contributed by atoms with van der Waals surface area (Å²) in [4.78, 5) is 10.1. The van der Waals surface area contributed by atoms with Crippen LogP contribution < -0.4 is 5.73 Å². The molecule has 0 aliphatic rings. The minimum atomic E-state index is 0.0168. The van der Waals surface area contributed by atoms with Crippen molar-refractivity contribution in [1.29, 1.82) is 0 Å². The number of halogens is 1. The van der Waals surface area contributed by atoms with Crippen LogP contribution in [0.4, 0.5) is 0 Å². The average molecular weight is 326 g/mol. The Balaban J connectivity index is 2.51. The van der Waals surface area contributed by atoms with Gasteiger partial charge in [-0.1, -0.05) is 20.8 Å². The van der Waals surface area contributed by atoms with Crippen molar-refractivity contribution in [2.75, 3.05) is 0 Å². The van der Waals surface area contributed by atoms with Gasteiger partial charge >= 0.3 is 0 Å². The molecule has 0 aliphatic carbocycles. The highest BCUT2D eigenvalue weighted by atomic mass is 79.9. The van der Waals surface area contributed by atoms with Gasteiger partial charge in [-0.25, -0.2) is 4.98 Å². The van der Waals surface area contributed by atoms with Gasteiger partial charge in [0.25, 0.3) is 0 Å². The van der Waals surface area contributed by atoms with E-state index in [0.29, 0.717) is 6.54 Å². The molecule has 2 rings (SSSR count). The van der Waals surface area contributed by atoms with E-state index in [-0.39, 0.29) is 5.41 Å². The molecule has 0 aromatic carbocycles. The summed E-state index contributed by atoms with van der Waals surface area (Å²) < 4.78 is 0.960. The number of rotatable bonds is 2. The first kappa shape index (κ1) is 13.6. The summed E-state index contributed by atoms with van der Waals surface area (Å²) in [5.74, 6) is 0. The van der Waals surface area contributed by atoms with E-state index in [9.17, 15) is 0 Å². The number of pyridine rings is 1. The van der Waals surface area contributed by atoms with Crippen molar-refractivity contribution in [3.8, 4) is 10.6 Å². The van der Waals surface area contributed by atoms with Crippen LogP contribution in [-0.4, -0.2) is 9.97 Å². The quantitative estimate of drug-likeness (QED) is 0.915. The number of nitrogens with zero attached hydrogens (tertiary/aromatic N) is 2. The number of hydrogen-bond donors (Lipinski definition) is 1. The van der Waals surface area contributed by atoms with E-state index in [2.05, 4.69) is 41.7 Å². The molecule has 2 N–H and O–H groups in total. The highest BCUT2D eigenvalue weighted by molar-refractivity contribution is 9.10. The average Bonchev–Trinajstić information content (AvgIpc) is 2.72. The Morgan fingerprint density at radius 1 is 1.33 bits per heavy atom. The van der Waals surface area contributed by atoms with Crippen LogP contribution in [0.15, 0.2) is 22.9 Å². The lowest BCUT2D eigenvalue weighted by Crippen LogP contribution is -2.15. The van der Waals surface area contributed by atoms with Crippen LogP contribution in [0.2, 0.25) is 0 Å². The van der Waals surface area contributed by atoms with E-state index in [0.717, 1.165) is 25.6 Å². The molecule has 0 aliphatic heterocycles. The Bertz CT molecular complexity index is 558. The second kappa shape index (κ2) is 5.07. The third kappa shape index (κ3) is 2.79. The minimum Gasteiger partial charge on any atom is -0.326 e. The maximum atomic E-state index is 5.81. The van der Waals surface area contributed by atoms with Gasteiger partial charge in [0.2, 0.25) is 0 Å². The van der Waals surface area contributed by atoms with Gasteiger partial charge in [-0.15, -0.1) is 11.3 Å². The van der Waals surface area contributed by atoms with Crippen molar-refractivity contribution in [3.63, 3.8) is 0 Å². The molecule has 96 valence electrons. The fraction of sp³-hybridized carbons (Fsp3) is 0.385. The zero-order valence-electron chi connectivity index (χ0n) is 10.7. The maximum Gasteiger partial charge on any atom is 0.125 e. The molecule has 0 bridgehead atoms. The normalized spacial score (nSPS) is 11.8. The van der Waals surface area contributed by atoms with Gasteiger partial charge in [-0.2, -0.15) is 0 Å². The van der Waals surface area contributed by atoms with E-state index < -0.39 is 0 Å². The summed E-state index contributed by atoms with van der Waals surface area (Å²) in [6, 6.07) is 2.03. The third-order valence-corrected chi connectivity index (χ3v) is 4.11. The lowest BCUT2D eigenvalue weighted by Gasteiger charge is -2.16. The van der Waals surface area contributed by atoms with Gasteiger partial charge in [0.15, 0.2) is 0 Å². The predicted octanol–water partition coefficient (Wildman–Crippen LogP) is 3.72. The number of nitrogens with two attached hydrogens (primary N) is 1. The largest absolute Gasteiger partial charge is 0.326 e. The van der Waals surface area contributed by atoms with Gasteiger partial charge < -0.3 is 5.73 Å². The van der Waals surface area contributed by atoms with Crippen LogP contribution in [-0.2, 0) is 12.0 Å². The molecule has 0 spiro atoms. The maximum absolute atomic E-state index is 5.81. The molecule has 5 heteroatoms. The molecular formula is C13H16BrN3S. The highest BCUT2D eigenvalue weighted by Crippen LogP contribution is 2.34. The van der Waals surface area contributed by atoms with Gasteiger partial charge in [-0.3, -0.25) is 4.98 Å². The Morgan fingerprint density at radius 3 is 2.56 bits per heavy atom. The second-order valence-corrected chi connectivity index (χ2v) is 7.14. The number of thiazole rings is 1. The fourth-order valence-corrected chi connectivity index (χ4v) is 3.22. The van der Waals surface area contributed by atoms with Crippen molar-refractivity contribution in [2.45, 2.75) is 32.7 Å². The minimum absolute atomic E-state index is 0.0168. The standard InChI is InChI=1S/C13H16BrN3S/c1-13(2,3)11-10(5-15)18-12(17-11)8-4-9(14)7-16-6-8/h4,6-7H,5,15H2,1-3H3. The summed E-state index contributed by atoms with van der Waals surface area (Å²) >= 11 is 5.08. The van der Waals surface area contributed by atoms with Gasteiger partial charge in [0.1, 0.15) is 5.01 Å². The lowest BCUT2D eigenvalue weighted by molar-refractivity contribution is 0.567. The molecular weight excluding hydrogens is 310 g/mol.